The first kappa shape index (κ1) is 14.0. The molecule has 0 aromatic heterocycles. The molecule has 0 heterocycles. The van der Waals surface area contributed by atoms with Crippen molar-refractivity contribution in [1.29, 1.82) is 0 Å². The minimum Gasteiger partial charge on any atom is -0.228 e. The van der Waals surface area contributed by atoms with E-state index >= 15 is 0 Å². The Hall–Kier alpha value is -1.08. The smallest absolute Gasteiger partial charge is 0.228 e. The van der Waals surface area contributed by atoms with Crippen molar-refractivity contribution in [2.45, 2.75) is 25.3 Å². The predicted molar refractivity (Wildman–Crippen MR) is 57.8 cm³/mol. The molecule has 3 nitrogen and oxygen atoms in total. The van der Waals surface area contributed by atoms with Crippen LogP contribution in [0.4, 0.5) is 13.2 Å². The highest BCUT2D eigenvalue weighted by Gasteiger charge is 2.49. The van der Waals surface area contributed by atoms with Gasteiger partial charge in [0.05, 0.1) is 0 Å². The van der Waals surface area contributed by atoms with E-state index in [2.05, 4.69) is 5.14 Å². The first-order chi connectivity index (χ1) is 7.55. The Balaban J connectivity index is 3.55. The van der Waals surface area contributed by atoms with Crippen LogP contribution in [0, 0.1) is 13.8 Å². The third kappa shape index (κ3) is 2.98. The summed E-state index contributed by atoms with van der Waals surface area (Å²) < 4.78 is 60.7. The zero-order valence-electron chi connectivity index (χ0n) is 9.25. The Labute approximate surface area is 97.5 Å². The zero-order valence-corrected chi connectivity index (χ0v) is 10.1. The standard InChI is InChI=1S/C10H12F3NO2S/c1-6-4-3-5-7(2)8(6)9(10(11,12)13)17(14,15)16/h3-5,9H,1-2H3,(H2,14,15,16). The fourth-order valence-electron chi connectivity index (χ4n) is 1.76. The van der Waals surface area contributed by atoms with Crippen molar-refractivity contribution in [2.24, 2.45) is 5.14 Å². The number of halogens is 3. The van der Waals surface area contributed by atoms with Gasteiger partial charge in [-0.15, -0.1) is 0 Å². The highest BCUT2D eigenvalue weighted by molar-refractivity contribution is 7.89. The number of sulfonamides is 1. The molecule has 0 aliphatic carbocycles. The van der Waals surface area contributed by atoms with Crippen LogP contribution in [-0.2, 0) is 10.0 Å². The fourth-order valence-corrected chi connectivity index (χ4v) is 2.83. The molecule has 1 aromatic rings. The summed E-state index contributed by atoms with van der Waals surface area (Å²) in [5, 5.41) is 2.02. The van der Waals surface area contributed by atoms with Crippen molar-refractivity contribution in [3.63, 3.8) is 0 Å². The third-order valence-corrected chi connectivity index (χ3v) is 3.59. The van der Waals surface area contributed by atoms with E-state index in [0.717, 1.165) is 0 Å². The summed E-state index contributed by atoms with van der Waals surface area (Å²) in [6.07, 6.45) is -4.93. The van der Waals surface area contributed by atoms with Crippen LogP contribution >= 0.6 is 0 Å². The number of rotatable bonds is 2. The van der Waals surface area contributed by atoms with Gasteiger partial charge in [0.1, 0.15) is 0 Å². The van der Waals surface area contributed by atoms with Gasteiger partial charge in [-0.1, -0.05) is 18.2 Å². The minimum atomic E-state index is -4.93. The monoisotopic (exact) mass is 267 g/mol. The van der Waals surface area contributed by atoms with Gasteiger partial charge in [0.15, 0.2) is 5.25 Å². The van der Waals surface area contributed by atoms with Crippen LogP contribution in [0.5, 0.6) is 0 Å². The van der Waals surface area contributed by atoms with E-state index in [4.69, 9.17) is 0 Å². The summed E-state index contributed by atoms with van der Waals surface area (Å²) in [4.78, 5) is 0. The molecule has 0 bridgehead atoms. The minimum absolute atomic E-state index is 0.251. The van der Waals surface area contributed by atoms with Crippen LogP contribution in [0.1, 0.15) is 21.9 Å². The quantitative estimate of drug-likeness (QED) is 0.893. The molecular weight excluding hydrogens is 255 g/mol. The number of benzene rings is 1. The third-order valence-electron chi connectivity index (χ3n) is 2.43. The van der Waals surface area contributed by atoms with E-state index in [1.165, 1.54) is 26.0 Å². The van der Waals surface area contributed by atoms with Gasteiger partial charge in [0.2, 0.25) is 10.0 Å². The highest BCUT2D eigenvalue weighted by Crippen LogP contribution is 2.40. The van der Waals surface area contributed by atoms with Crippen molar-refractivity contribution in [3.8, 4) is 0 Å². The molecule has 7 heteroatoms. The van der Waals surface area contributed by atoms with Crippen molar-refractivity contribution in [1.82, 2.24) is 0 Å². The maximum atomic E-state index is 12.8. The van der Waals surface area contributed by atoms with Gasteiger partial charge in [-0.2, -0.15) is 13.2 Å². The largest absolute Gasteiger partial charge is 0.410 e. The molecule has 0 aliphatic rings. The van der Waals surface area contributed by atoms with Crippen molar-refractivity contribution < 1.29 is 21.6 Å². The SMILES string of the molecule is Cc1cccc(C)c1C(C(F)(F)F)S(N)(=O)=O. The number of nitrogens with two attached hydrogens (primary N) is 1. The summed E-state index contributed by atoms with van der Waals surface area (Å²) >= 11 is 0. The maximum Gasteiger partial charge on any atom is 0.410 e. The lowest BCUT2D eigenvalue weighted by Gasteiger charge is -2.22. The van der Waals surface area contributed by atoms with Crippen LogP contribution in [0.2, 0.25) is 0 Å². The lowest BCUT2D eigenvalue weighted by Crippen LogP contribution is -2.34. The molecule has 0 aliphatic heterocycles. The molecule has 0 radical (unpaired) electrons. The normalized spacial score (nSPS) is 14.7. The fraction of sp³-hybridized carbons (Fsp3) is 0.400. The van der Waals surface area contributed by atoms with Crippen molar-refractivity contribution >= 4 is 10.0 Å². The number of hydrogen-bond acceptors (Lipinski definition) is 2. The second-order valence-corrected chi connectivity index (χ2v) is 5.47. The molecule has 2 N–H and O–H groups in total. The first-order valence-electron chi connectivity index (χ1n) is 4.69. The van der Waals surface area contributed by atoms with E-state index < -0.39 is 21.4 Å². The number of alkyl halides is 3. The van der Waals surface area contributed by atoms with Crippen LogP contribution in [0.15, 0.2) is 18.2 Å². The summed E-state index contributed by atoms with van der Waals surface area (Å²) in [5.41, 5.74) is 0.213. The number of aryl methyl sites for hydroxylation is 2. The van der Waals surface area contributed by atoms with Gasteiger partial charge in [-0.25, -0.2) is 13.6 Å². The molecule has 0 spiro atoms. The molecule has 17 heavy (non-hydrogen) atoms. The van der Waals surface area contributed by atoms with E-state index in [-0.39, 0.29) is 16.7 Å². The molecule has 0 saturated carbocycles. The lowest BCUT2D eigenvalue weighted by molar-refractivity contribution is -0.131. The molecule has 1 aromatic carbocycles. The molecule has 0 saturated heterocycles. The first-order valence-corrected chi connectivity index (χ1v) is 6.30. The second-order valence-electron chi connectivity index (χ2n) is 3.82. The molecular formula is C10H12F3NO2S. The predicted octanol–water partition coefficient (Wildman–Crippen LogP) is 2.20. The van der Waals surface area contributed by atoms with Gasteiger partial charge in [0.25, 0.3) is 0 Å². The average molecular weight is 267 g/mol. The number of primary sulfonamides is 1. The van der Waals surface area contributed by atoms with Crippen LogP contribution in [-0.4, -0.2) is 14.6 Å². The number of hydrogen-bond donors (Lipinski definition) is 1. The summed E-state index contributed by atoms with van der Waals surface area (Å²) in [5.74, 6) is 0. The molecule has 0 amide bonds. The Morgan fingerprint density at radius 3 is 1.88 bits per heavy atom. The van der Waals surface area contributed by atoms with Crippen LogP contribution in [0.3, 0.4) is 0 Å². The van der Waals surface area contributed by atoms with Gasteiger partial charge < -0.3 is 0 Å². The highest BCUT2D eigenvalue weighted by atomic mass is 32.2. The van der Waals surface area contributed by atoms with E-state index in [1.54, 1.807) is 6.07 Å². The summed E-state index contributed by atoms with van der Waals surface area (Å²) in [6, 6.07) is 4.41. The topological polar surface area (TPSA) is 60.2 Å². The molecule has 96 valence electrons. The lowest BCUT2D eigenvalue weighted by atomic mass is 9.99. The molecule has 1 atom stereocenters. The van der Waals surface area contributed by atoms with Gasteiger partial charge in [-0.3, -0.25) is 0 Å². The zero-order chi connectivity index (χ0) is 13.4. The summed E-state index contributed by atoms with van der Waals surface area (Å²) in [7, 11) is -4.75. The maximum absolute atomic E-state index is 12.8. The van der Waals surface area contributed by atoms with Crippen LogP contribution < -0.4 is 5.14 Å². The summed E-state index contributed by atoms with van der Waals surface area (Å²) in [6.45, 7) is 2.85. The van der Waals surface area contributed by atoms with Crippen LogP contribution in [0.25, 0.3) is 0 Å². The molecule has 1 rings (SSSR count). The van der Waals surface area contributed by atoms with Gasteiger partial charge in [0, 0.05) is 0 Å². The Morgan fingerprint density at radius 2 is 1.59 bits per heavy atom. The van der Waals surface area contributed by atoms with Gasteiger partial charge >= 0.3 is 6.18 Å². The molecule has 0 fully saturated rings. The van der Waals surface area contributed by atoms with E-state index in [1.807, 2.05) is 0 Å². The Kier molecular flexibility index (Phi) is 3.54. The van der Waals surface area contributed by atoms with E-state index in [0.29, 0.717) is 0 Å². The Bertz CT molecular complexity index is 503. The van der Waals surface area contributed by atoms with Crippen molar-refractivity contribution in [3.05, 3.63) is 34.9 Å². The van der Waals surface area contributed by atoms with E-state index in [9.17, 15) is 21.6 Å². The van der Waals surface area contributed by atoms with Crippen molar-refractivity contribution in [2.75, 3.05) is 0 Å². The van der Waals surface area contributed by atoms with Gasteiger partial charge in [-0.05, 0) is 30.5 Å². The Morgan fingerprint density at radius 1 is 1.18 bits per heavy atom. The molecule has 1 unspecified atom stereocenters. The second kappa shape index (κ2) is 4.30. The average Bonchev–Trinajstić information content (AvgIpc) is 2.06.